The Kier molecular flexibility index (Phi) is 12.1. The van der Waals surface area contributed by atoms with E-state index in [1.165, 1.54) is 0 Å². The molecule has 0 fully saturated rings. The molecule has 0 aromatic heterocycles. The quantitative estimate of drug-likeness (QED) is 0.585. The molecular weight excluding hydrogens is 329 g/mol. The predicted octanol–water partition coefficient (Wildman–Crippen LogP) is 6.20. The van der Waals surface area contributed by atoms with Crippen LogP contribution in [0, 0.1) is 0 Å². The highest BCUT2D eigenvalue weighted by Crippen LogP contribution is 2.15. The van der Waals surface area contributed by atoms with Crippen LogP contribution in [0.2, 0.25) is 10.0 Å². The molecule has 2 nitrogen and oxygen atoms in total. The summed E-state index contributed by atoms with van der Waals surface area (Å²) >= 11 is 11.9. The maximum atomic E-state index is 11.1. The Hall–Kier alpha value is -1.51. The third kappa shape index (κ3) is 8.63. The first-order valence-electron chi connectivity index (χ1n) is 7.85. The minimum absolute atomic E-state index is 0.524. The molecule has 1 amide bonds. The van der Waals surface area contributed by atoms with Crippen molar-refractivity contribution in [2.45, 2.75) is 40.8 Å². The van der Waals surface area contributed by atoms with Crippen LogP contribution in [-0.4, -0.2) is 11.3 Å². The number of benzene rings is 2. The summed E-state index contributed by atoms with van der Waals surface area (Å²) in [6.07, 6.45) is 0.835. The molecule has 2 aromatic rings. The highest BCUT2D eigenvalue weighted by Gasteiger charge is 2.05. The summed E-state index contributed by atoms with van der Waals surface area (Å²) in [7, 11) is 0. The van der Waals surface area contributed by atoms with Crippen molar-refractivity contribution in [3.8, 4) is 0 Å². The van der Waals surface area contributed by atoms with Gasteiger partial charge >= 0.3 is 0 Å². The molecule has 2 aromatic carbocycles. The van der Waals surface area contributed by atoms with Crippen LogP contribution in [0.5, 0.6) is 0 Å². The van der Waals surface area contributed by atoms with Gasteiger partial charge in [0.05, 0.1) is 0 Å². The first-order valence-corrected chi connectivity index (χ1v) is 8.61. The summed E-state index contributed by atoms with van der Waals surface area (Å²) in [6.45, 7) is 9.05. The van der Waals surface area contributed by atoms with Crippen molar-refractivity contribution in [3.63, 3.8) is 0 Å². The van der Waals surface area contributed by atoms with Gasteiger partial charge in [-0.3, -0.25) is 4.79 Å². The van der Waals surface area contributed by atoms with E-state index in [0.717, 1.165) is 17.5 Å². The number of carbonyl (C=O) groups excluding carboxylic acids is 1. The molecule has 0 atom stereocenters. The average molecular weight is 354 g/mol. The van der Waals surface area contributed by atoms with Crippen molar-refractivity contribution in [1.29, 1.82) is 0 Å². The maximum Gasteiger partial charge on any atom is 0.210 e. The SMILES string of the molecule is CC.CC.O=CN(Cc1cccc(Cl)c1)Cc1cccc(Cl)c1. The van der Waals surface area contributed by atoms with Gasteiger partial charge in [-0.2, -0.15) is 0 Å². The Morgan fingerprint density at radius 1 is 0.826 bits per heavy atom. The third-order valence-electron chi connectivity index (χ3n) is 2.70. The van der Waals surface area contributed by atoms with Gasteiger partial charge in [-0.25, -0.2) is 0 Å². The van der Waals surface area contributed by atoms with E-state index in [1.807, 2.05) is 76.2 Å². The molecule has 0 N–H and O–H groups in total. The van der Waals surface area contributed by atoms with Crippen molar-refractivity contribution in [2.24, 2.45) is 0 Å². The number of nitrogens with zero attached hydrogens (tertiary/aromatic N) is 1. The highest BCUT2D eigenvalue weighted by atomic mass is 35.5. The first kappa shape index (κ1) is 21.5. The Morgan fingerprint density at radius 2 is 1.22 bits per heavy atom. The largest absolute Gasteiger partial charge is 0.337 e. The summed E-state index contributed by atoms with van der Waals surface area (Å²) < 4.78 is 0. The summed E-state index contributed by atoms with van der Waals surface area (Å²) in [5.74, 6) is 0. The zero-order chi connectivity index (χ0) is 17.7. The Morgan fingerprint density at radius 3 is 1.52 bits per heavy atom. The minimum atomic E-state index is 0.524. The van der Waals surface area contributed by atoms with Crippen LogP contribution < -0.4 is 0 Å². The van der Waals surface area contributed by atoms with E-state index in [9.17, 15) is 4.79 Å². The Labute approximate surface area is 150 Å². The van der Waals surface area contributed by atoms with Gasteiger partial charge in [0.15, 0.2) is 0 Å². The molecule has 0 aliphatic rings. The van der Waals surface area contributed by atoms with Crippen LogP contribution in [0.3, 0.4) is 0 Å². The predicted molar refractivity (Wildman–Crippen MR) is 101 cm³/mol. The van der Waals surface area contributed by atoms with Crippen LogP contribution in [0.4, 0.5) is 0 Å². The summed E-state index contributed by atoms with van der Waals surface area (Å²) in [5.41, 5.74) is 2.00. The van der Waals surface area contributed by atoms with Gasteiger partial charge in [-0.1, -0.05) is 75.2 Å². The molecule has 0 unspecified atom stereocenters. The lowest BCUT2D eigenvalue weighted by molar-refractivity contribution is -0.119. The van der Waals surface area contributed by atoms with E-state index in [4.69, 9.17) is 23.2 Å². The Balaban J connectivity index is 0.00000112. The minimum Gasteiger partial charge on any atom is -0.337 e. The van der Waals surface area contributed by atoms with Gasteiger partial charge in [0.1, 0.15) is 0 Å². The molecule has 0 heterocycles. The fourth-order valence-electron chi connectivity index (χ4n) is 1.87. The third-order valence-corrected chi connectivity index (χ3v) is 3.17. The summed E-state index contributed by atoms with van der Waals surface area (Å²) in [5, 5.41) is 1.34. The second kappa shape index (κ2) is 13.0. The van der Waals surface area contributed by atoms with E-state index in [-0.39, 0.29) is 0 Å². The van der Waals surface area contributed by atoms with Crippen LogP contribution in [0.25, 0.3) is 0 Å². The number of halogens is 2. The van der Waals surface area contributed by atoms with Gasteiger partial charge in [0, 0.05) is 23.1 Å². The van der Waals surface area contributed by atoms with Gasteiger partial charge in [0.2, 0.25) is 6.41 Å². The summed E-state index contributed by atoms with van der Waals surface area (Å²) in [6, 6.07) is 15.0. The van der Waals surface area contributed by atoms with Gasteiger partial charge < -0.3 is 4.90 Å². The van der Waals surface area contributed by atoms with Crippen molar-refractivity contribution in [1.82, 2.24) is 4.90 Å². The number of rotatable bonds is 5. The number of hydrogen-bond donors (Lipinski definition) is 0. The lowest BCUT2D eigenvalue weighted by atomic mass is 10.2. The lowest BCUT2D eigenvalue weighted by Gasteiger charge is -2.17. The van der Waals surface area contributed by atoms with Crippen LogP contribution in [0.15, 0.2) is 48.5 Å². The second-order valence-corrected chi connectivity index (χ2v) is 5.14. The fraction of sp³-hybridized carbons (Fsp3) is 0.316. The van der Waals surface area contributed by atoms with Gasteiger partial charge in [-0.05, 0) is 35.4 Å². The van der Waals surface area contributed by atoms with Crippen molar-refractivity contribution in [3.05, 3.63) is 69.7 Å². The van der Waals surface area contributed by atoms with Crippen LogP contribution in [0.1, 0.15) is 38.8 Å². The van der Waals surface area contributed by atoms with Crippen LogP contribution >= 0.6 is 23.2 Å². The number of amides is 1. The van der Waals surface area contributed by atoms with Gasteiger partial charge in [-0.15, -0.1) is 0 Å². The molecule has 0 aliphatic heterocycles. The molecule has 0 saturated heterocycles. The molecule has 126 valence electrons. The fourth-order valence-corrected chi connectivity index (χ4v) is 2.30. The van der Waals surface area contributed by atoms with Gasteiger partial charge in [0.25, 0.3) is 0 Å². The molecule has 2 rings (SSSR count). The van der Waals surface area contributed by atoms with E-state index < -0.39 is 0 Å². The van der Waals surface area contributed by atoms with Crippen molar-refractivity contribution >= 4 is 29.6 Å². The molecule has 0 aliphatic carbocycles. The van der Waals surface area contributed by atoms with Crippen LogP contribution in [-0.2, 0) is 17.9 Å². The normalized spacial score (nSPS) is 8.96. The zero-order valence-electron chi connectivity index (χ0n) is 14.2. The van der Waals surface area contributed by atoms with E-state index in [2.05, 4.69) is 0 Å². The first-order chi connectivity index (χ1) is 11.2. The summed E-state index contributed by atoms with van der Waals surface area (Å²) in [4.78, 5) is 12.8. The van der Waals surface area contributed by atoms with E-state index in [1.54, 1.807) is 4.90 Å². The maximum absolute atomic E-state index is 11.1. The molecule has 0 spiro atoms. The number of carbonyl (C=O) groups is 1. The second-order valence-electron chi connectivity index (χ2n) is 4.27. The monoisotopic (exact) mass is 353 g/mol. The standard InChI is InChI=1S/C15H13Cl2NO.2C2H6/c16-14-5-1-3-12(7-14)9-18(11-19)10-13-4-2-6-15(17)8-13;2*1-2/h1-8,11H,9-10H2;2*1-2H3. The molecule has 23 heavy (non-hydrogen) atoms. The molecule has 0 saturated carbocycles. The van der Waals surface area contributed by atoms with E-state index in [0.29, 0.717) is 23.1 Å². The molecule has 0 radical (unpaired) electrons. The van der Waals surface area contributed by atoms with E-state index >= 15 is 0 Å². The lowest BCUT2D eigenvalue weighted by Crippen LogP contribution is -2.20. The smallest absolute Gasteiger partial charge is 0.210 e. The Bertz CT molecular complexity index is 525. The zero-order valence-corrected chi connectivity index (χ0v) is 15.7. The molecular formula is C19H25Cl2NO. The topological polar surface area (TPSA) is 20.3 Å². The highest BCUT2D eigenvalue weighted by molar-refractivity contribution is 6.30. The number of hydrogen-bond acceptors (Lipinski definition) is 1. The molecule has 0 bridgehead atoms. The van der Waals surface area contributed by atoms with Crippen molar-refractivity contribution < 1.29 is 4.79 Å². The molecule has 4 heteroatoms. The van der Waals surface area contributed by atoms with Crippen molar-refractivity contribution in [2.75, 3.05) is 0 Å². The average Bonchev–Trinajstić information content (AvgIpc) is 2.58.